The number of fused-ring (bicyclic) bond motifs is 1. The average molecular weight is 275 g/mol. The van der Waals surface area contributed by atoms with Crippen LogP contribution in [0.15, 0.2) is 0 Å². The second-order valence-corrected chi connectivity index (χ2v) is 6.29. The molecule has 5 nitrogen and oxygen atoms in total. The molecular weight excluding hydrogens is 250 g/mol. The van der Waals surface area contributed by atoms with Crippen LogP contribution in [0.4, 0.5) is 5.95 Å². The van der Waals surface area contributed by atoms with Gasteiger partial charge in [-0.05, 0) is 38.5 Å². The van der Waals surface area contributed by atoms with E-state index in [1.807, 2.05) is 11.6 Å². The smallest absolute Gasteiger partial charge is 0.202 e. The topological polar surface area (TPSA) is 61.7 Å². The van der Waals surface area contributed by atoms with Crippen molar-refractivity contribution in [3.63, 3.8) is 0 Å². The van der Waals surface area contributed by atoms with Gasteiger partial charge in [0.25, 0.3) is 0 Å². The van der Waals surface area contributed by atoms with Gasteiger partial charge in [0, 0.05) is 13.1 Å². The lowest BCUT2D eigenvalue weighted by Gasteiger charge is -2.27. The number of nitrogens with zero attached hydrogens (tertiary/aromatic N) is 4. The molecule has 3 rings (SSSR count). The standard InChI is InChI=1S/C15H25N5/c1-4-20-14-13(11(3)18-20)17-15(16)19(14)9-12-7-5-6-10(2)8-12/h10,12H,4-9H2,1-3H3,(H2,16,17). The first-order chi connectivity index (χ1) is 9.60. The maximum Gasteiger partial charge on any atom is 0.202 e. The lowest BCUT2D eigenvalue weighted by molar-refractivity contribution is 0.259. The van der Waals surface area contributed by atoms with Crippen LogP contribution in [0.1, 0.15) is 45.2 Å². The maximum atomic E-state index is 6.15. The Labute approximate surface area is 120 Å². The van der Waals surface area contributed by atoms with Crippen molar-refractivity contribution < 1.29 is 0 Å². The van der Waals surface area contributed by atoms with E-state index in [2.05, 4.69) is 28.5 Å². The number of hydrogen-bond acceptors (Lipinski definition) is 3. The Morgan fingerprint density at radius 2 is 2.15 bits per heavy atom. The van der Waals surface area contributed by atoms with Crippen molar-refractivity contribution >= 4 is 17.1 Å². The highest BCUT2D eigenvalue weighted by molar-refractivity contribution is 5.77. The molecule has 1 aliphatic rings. The Morgan fingerprint density at radius 3 is 2.85 bits per heavy atom. The Balaban J connectivity index is 1.95. The van der Waals surface area contributed by atoms with E-state index >= 15 is 0 Å². The van der Waals surface area contributed by atoms with Gasteiger partial charge in [-0.3, -0.25) is 4.57 Å². The minimum atomic E-state index is 0.640. The van der Waals surface area contributed by atoms with Crippen LogP contribution in [-0.4, -0.2) is 19.3 Å². The van der Waals surface area contributed by atoms with Crippen LogP contribution in [0, 0.1) is 18.8 Å². The Morgan fingerprint density at radius 1 is 1.35 bits per heavy atom. The number of anilines is 1. The van der Waals surface area contributed by atoms with E-state index in [-0.39, 0.29) is 0 Å². The molecule has 1 fully saturated rings. The van der Waals surface area contributed by atoms with Crippen molar-refractivity contribution in [2.45, 2.75) is 59.5 Å². The number of nitrogen functional groups attached to an aromatic ring is 1. The monoisotopic (exact) mass is 275 g/mol. The third kappa shape index (κ3) is 2.19. The second kappa shape index (κ2) is 5.11. The summed E-state index contributed by atoms with van der Waals surface area (Å²) in [7, 11) is 0. The van der Waals surface area contributed by atoms with Gasteiger partial charge in [0.05, 0.1) is 5.69 Å². The summed E-state index contributed by atoms with van der Waals surface area (Å²) in [5, 5.41) is 4.56. The number of hydrogen-bond donors (Lipinski definition) is 1. The van der Waals surface area contributed by atoms with Crippen molar-refractivity contribution in [2.24, 2.45) is 11.8 Å². The fraction of sp³-hybridized carbons (Fsp3) is 0.733. The van der Waals surface area contributed by atoms with Gasteiger partial charge in [-0.25, -0.2) is 9.67 Å². The molecule has 20 heavy (non-hydrogen) atoms. The van der Waals surface area contributed by atoms with E-state index in [0.29, 0.717) is 5.95 Å². The SMILES string of the molecule is CCn1nc(C)c2nc(N)n(CC3CCCC(C)C3)c21. The third-order valence-electron chi connectivity index (χ3n) is 4.61. The van der Waals surface area contributed by atoms with Crippen LogP contribution in [0.2, 0.25) is 0 Å². The number of aryl methyl sites for hydroxylation is 2. The first-order valence-electron chi connectivity index (χ1n) is 7.79. The Kier molecular flexibility index (Phi) is 3.44. The molecule has 5 heteroatoms. The predicted octanol–water partition coefficient (Wildman–Crippen LogP) is 2.97. The Hall–Kier alpha value is -1.52. The molecule has 2 heterocycles. The molecule has 2 aromatic rings. The molecule has 1 saturated carbocycles. The van der Waals surface area contributed by atoms with E-state index in [1.165, 1.54) is 25.7 Å². The second-order valence-electron chi connectivity index (χ2n) is 6.29. The molecule has 110 valence electrons. The van der Waals surface area contributed by atoms with Crippen LogP contribution in [0.3, 0.4) is 0 Å². The molecule has 0 radical (unpaired) electrons. The quantitative estimate of drug-likeness (QED) is 0.936. The largest absolute Gasteiger partial charge is 0.369 e. The van der Waals surface area contributed by atoms with Gasteiger partial charge in [-0.15, -0.1) is 0 Å². The van der Waals surface area contributed by atoms with Crippen LogP contribution >= 0.6 is 0 Å². The summed E-state index contributed by atoms with van der Waals surface area (Å²) in [6, 6.07) is 0. The van der Waals surface area contributed by atoms with Gasteiger partial charge < -0.3 is 5.73 Å². The van der Waals surface area contributed by atoms with Gasteiger partial charge in [0.2, 0.25) is 5.95 Å². The number of aromatic nitrogens is 4. The molecular formula is C15H25N5. The number of imidazole rings is 1. The van der Waals surface area contributed by atoms with Crippen LogP contribution < -0.4 is 5.73 Å². The zero-order chi connectivity index (χ0) is 14.3. The fourth-order valence-corrected chi connectivity index (χ4v) is 3.63. The lowest BCUT2D eigenvalue weighted by Crippen LogP contribution is -2.20. The first kappa shape index (κ1) is 13.5. The van der Waals surface area contributed by atoms with E-state index in [0.717, 1.165) is 41.8 Å². The molecule has 2 unspecified atom stereocenters. The van der Waals surface area contributed by atoms with Crippen molar-refractivity contribution in [1.82, 2.24) is 19.3 Å². The fourth-order valence-electron chi connectivity index (χ4n) is 3.63. The summed E-state index contributed by atoms with van der Waals surface area (Å²) in [4.78, 5) is 4.52. The van der Waals surface area contributed by atoms with Gasteiger partial charge in [0.15, 0.2) is 5.65 Å². The average Bonchev–Trinajstić information content (AvgIpc) is 2.89. The van der Waals surface area contributed by atoms with Gasteiger partial charge in [-0.1, -0.05) is 19.8 Å². The van der Waals surface area contributed by atoms with Crippen molar-refractivity contribution in [1.29, 1.82) is 0 Å². The molecule has 0 saturated heterocycles. The minimum absolute atomic E-state index is 0.640. The van der Waals surface area contributed by atoms with E-state index in [9.17, 15) is 0 Å². The maximum absolute atomic E-state index is 6.15. The van der Waals surface area contributed by atoms with Crippen molar-refractivity contribution in [3.8, 4) is 0 Å². The number of rotatable bonds is 3. The van der Waals surface area contributed by atoms with Crippen LogP contribution in [-0.2, 0) is 13.1 Å². The molecule has 2 atom stereocenters. The highest BCUT2D eigenvalue weighted by Crippen LogP contribution is 2.31. The van der Waals surface area contributed by atoms with E-state index in [4.69, 9.17) is 5.73 Å². The first-order valence-corrected chi connectivity index (χ1v) is 7.79. The van der Waals surface area contributed by atoms with Gasteiger partial charge >= 0.3 is 0 Å². The molecule has 2 aromatic heterocycles. The van der Waals surface area contributed by atoms with Crippen molar-refractivity contribution in [3.05, 3.63) is 5.69 Å². The summed E-state index contributed by atoms with van der Waals surface area (Å²) in [6.07, 6.45) is 5.33. The molecule has 1 aliphatic carbocycles. The van der Waals surface area contributed by atoms with Crippen molar-refractivity contribution in [2.75, 3.05) is 5.73 Å². The van der Waals surface area contributed by atoms with E-state index < -0.39 is 0 Å². The highest BCUT2D eigenvalue weighted by Gasteiger charge is 2.23. The number of nitrogens with two attached hydrogens (primary N) is 1. The lowest BCUT2D eigenvalue weighted by atomic mass is 9.82. The molecule has 2 N–H and O–H groups in total. The molecule has 0 spiro atoms. The van der Waals surface area contributed by atoms with Crippen LogP contribution in [0.5, 0.6) is 0 Å². The molecule has 0 aliphatic heterocycles. The Bertz CT molecular complexity index is 609. The van der Waals surface area contributed by atoms with Gasteiger partial charge in [-0.2, -0.15) is 5.10 Å². The molecule has 0 aromatic carbocycles. The summed E-state index contributed by atoms with van der Waals surface area (Å²) >= 11 is 0. The normalized spacial score (nSPS) is 23.6. The zero-order valence-electron chi connectivity index (χ0n) is 12.8. The molecule has 0 bridgehead atoms. The van der Waals surface area contributed by atoms with E-state index in [1.54, 1.807) is 0 Å². The highest BCUT2D eigenvalue weighted by atomic mass is 15.4. The summed E-state index contributed by atoms with van der Waals surface area (Å²) < 4.78 is 4.21. The predicted molar refractivity (Wildman–Crippen MR) is 81.5 cm³/mol. The summed E-state index contributed by atoms with van der Waals surface area (Å²) in [5.74, 6) is 2.20. The zero-order valence-corrected chi connectivity index (χ0v) is 12.8. The summed E-state index contributed by atoms with van der Waals surface area (Å²) in [5.41, 5.74) is 9.19. The third-order valence-corrected chi connectivity index (χ3v) is 4.61. The van der Waals surface area contributed by atoms with Crippen LogP contribution in [0.25, 0.3) is 11.2 Å². The molecule has 0 amide bonds. The van der Waals surface area contributed by atoms with Gasteiger partial charge in [0.1, 0.15) is 5.52 Å². The summed E-state index contributed by atoms with van der Waals surface area (Å²) in [6.45, 7) is 8.32. The minimum Gasteiger partial charge on any atom is -0.369 e.